The summed E-state index contributed by atoms with van der Waals surface area (Å²) >= 11 is 0. The number of benzene rings is 1. The first-order chi connectivity index (χ1) is 10.1. The van der Waals surface area contributed by atoms with Gasteiger partial charge >= 0.3 is 0 Å². The zero-order valence-electron chi connectivity index (χ0n) is 11.6. The second kappa shape index (κ2) is 5.87. The van der Waals surface area contributed by atoms with E-state index in [1.807, 2.05) is 6.07 Å². The van der Waals surface area contributed by atoms with Gasteiger partial charge in [-0.25, -0.2) is 18.1 Å². The van der Waals surface area contributed by atoms with E-state index in [4.69, 9.17) is 0 Å². The molecule has 21 heavy (non-hydrogen) atoms. The van der Waals surface area contributed by atoms with Gasteiger partial charge in [-0.1, -0.05) is 0 Å². The Morgan fingerprint density at radius 2 is 2.24 bits per heavy atom. The van der Waals surface area contributed by atoms with E-state index in [0.717, 1.165) is 36.5 Å². The van der Waals surface area contributed by atoms with Gasteiger partial charge in [0.05, 0.1) is 4.90 Å². The topological polar surface area (TPSA) is 86.9 Å². The molecule has 0 amide bonds. The second-order valence-electron chi connectivity index (χ2n) is 5.03. The Morgan fingerprint density at radius 3 is 3.05 bits per heavy atom. The third-order valence-corrected chi connectivity index (χ3v) is 4.99. The number of aryl methyl sites for hydroxylation is 1. The number of fused-ring (bicyclic) bond motifs is 1. The van der Waals surface area contributed by atoms with Crippen LogP contribution in [0.1, 0.15) is 17.8 Å². The maximum absolute atomic E-state index is 12.3. The minimum Gasteiger partial charge on any atom is -0.385 e. The summed E-state index contributed by atoms with van der Waals surface area (Å²) in [7, 11) is -3.47. The van der Waals surface area contributed by atoms with Crippen LogP contribution in [0.4, 0.5) is 5.69 Å². The fourth-order valence-corrected chi connectivity index (χ4v) is 3.52. The molecule has 0 fully saturated rings. The maximum Gasteiger partial charge on any atom is 0.240 e. The van der Waals surface area contributed by atoms with E-state index < -0.39 is 10.0 Å². The van der Waals surface area contributed by atoms with Crippen molar-refractivity contribution >= 4 is 15.7 Å². The Morgan fingerprint density at radius 1 is 1.33 bits per heavy atom. The van der Waals surface area contributed by atoms with E-state index in [9.17, 15) is 8.42 Å². The van der Waals surface area contributed by atoms with Gasteiger partial charge in [-0.3, -0.25) is 0 Å². The minimum absolute atomic E-state index is 0.324. The number of hydrogen-bond acceptors (Lipinski definition) is 4. The van der Waals surface area contributed by atoms with Crippen LogP contribution < -0.4 is 10.0 Å². The van der Waals surface area contributed by atoms with Gasteiger partial charge in [-0.05, 0) is 36.6 Å². The molecule has 1 aromatic heterocycles. The van der Waals surface area contributed by atoms with Crippen LogP contribution in [0.2, 0.25) is 0 Å². The summed E-state index contributed by atoms with van der Waals surface area (Å²) in [5.41, 5.74) is 2.10. The number of nitrogens with one attached hydrogen (secondary N) is 3. The van der Waals surface area contributed by atoms with Crippen LogP contribution in [0, 0.1) is 0 Å². The van der Waals surface area contributed by atoms with Crippen molar-refractivity contribution < 1.29 is 8.42 Å². The molecule has 0 saturated heterocycles. The average molecular weight is 306 g/mol. The van der Waals surface area contributed by atoms with Crippen LogP contribution in [0.5, 0.6) is 0 Å². The highest BCUT2D eigenvalue weighted by Gasteiger charge is 2.17. The van der Waals surface area contributed by atoms with E-state index in [0.29, 0.717) is 17.9 Å². The first kappa shape index (κ1) is 14.1. The highest BCUT2D eigenvalue weighted by Crippen LogP contribution is 2.24. The van der Waals surface area contributed by atoms with Gasteiger partial charge in [0.1, 0.15) is 5.82 Å². The molecule has 3 N–H and O–H groups in total. The summed E-state index contributed by atoms with van der Waals surface area (Å²) < 4.78 is 27.2. The Bertz CT molecular complexity index is 711. The van der Waals surface area contributed by atoms with Crippen molar-refractivity contribution in [2.24, 2.45) is 0 Å². The fraction of sp³-hybridized carbons (Fsp3) is 0.357. The Hall–Kier alpha value is -1.86. The summed E-state index contributed by atoms with van der Waals surface area (Å²) in [6.45, 7) is 1.27. The molecule has 1 aliphatic rings. The fourth-order valence-electron chi connectivity index (χ4n) is 2.44. The van der Waals surface area contributed by atoms with Gasteiger partial charge in [0.2, 0.25) is 10.0 Å². The van der Waals surface area contributed by atoms with E-state index in [2.05, 4.69) is 20.0 Å². The van der Waals surface area contributed by atoms with Gasteiger partial charge < -0.3 is 10.3 Å². The molecule has 2 aromatic rings. The average Bonchev–Trinajstić information content (AvgIpc) is 3.00. The smallest absolute Gasteiger partial charge is 0.240 e. The lowest BCUT2D eigenvalue weighted by molar-refractivity contribution is 0.580. The molecule has 112 valence electrons. The van der Waals surface area contributed by atoms with Crippen molar-refractivity contribution in [3.05, 3.63) is 42.0 Å². The number of imidazole rings is 1. The lowest BCUT2D eigenvalue weighted by Gasteiger charge is -2.18. The quantitative estimate of drug-likeness (QED) is 0.777. The standard InChI is InChI=1S/C14H18N4O2S/c19-21(20,18-7-5-14-16-8-9-17-14)12-3-4-13-11(10-12)2-1-6-15-13/h3-4,8-10,15,18H,1-2,5-7H2,(H,16,17). The molecule has 7 heteroatoms. The van der Waals surface area contributed by atoms with Crippen molar-refractivity contribution in [1.29, 1.82) is 0 Å². The van der Waals surface area contributed by atoms with Gasteiger partial charge in [0.25, 0.3) is 0 Å². The summed E-state index contributed by atoms with van der Waals surface area (Å²) in [4.78, 5) is 7.34. The third-order valence-electron chi connectivity index (χ3n) is 3.53. The molecule has 0 radical (unpaired) electrons. The summed E-state index contributed by atoms with van der Waals surface area (Å²) in [5, 5.41) is 3.28. The van der Waals surface area contributed by atoms with Crippen molar-refractivity contribution in [3.63, 3.8) is 0 Å². The summed E-state index contributed by atoms with van der Waals surface area (Å²) in [6, 6.07) is 5.25. The van der Waals surface area contributed by atoms with Crippen molar-refractivity contribution in [2.45, 2.75) is 24.2 Å². The van der Waals surface area contributed by atoms with Crippen LogP contribution in [0.15, 0.2) is 35.5 Å². The molecule has 2 heterocycles. The third kappa shape index (κ3) is 3.25. The van der Waals surface area contributed by atoms with Crippen molar-refractivity contribution in [1.82, 2.24) is 14.7 Å². The number of hydrogen-bond donors (Lipinski definition) is 3. The number of anilines is 1. The van der Waals surface area contributed by atoms with Crippen LogP contribution in [-0.2, 0) is 22.9 Å². The molecule has 0 aliphatic carbocycles. The molecule has 0 bridgehead atoms. The van der Waals surface area contributed by atoms with E-state index in [1.54, 1.807) is 24.5 Å². The van der Waals surface area contributed by atoms with Crippen molar-refractivity contribution in [3.8, 4) is 0 Å². The van der Waals surface area contributed by atoms with E-state index in [-0.39, 0.29) is 0 Å². The number of nitrogens with zero attached hydrogens (tertiary/aromatic N) is 1. The molecule has 0 spiro atoms. The van der Waals surface area contributed by atoms with Gasteiger partial charge in [0, 0.05) is 37.6 Å². The molecule has 0 saturated carbocycles. The lowest BCUT2D eigenvalue weighted by atomic mass is 10.0. The molecule has 1 aliphatic heterocycles. The summed E-state index contributed by atoms with van der Waals surface area (Å²) in [6.07, 6.45) is 5.86. The first-order valence-corrected chi connectivity index (χ1v) is 8.48. The predicted octanol–water partition coefficient (Wildman–Crippen LogP) is 1.29. The number of sulfonamides is 1. The molecule has 0 atom stereocenters. The Balaban J connectivity index is 1.69. The van der Waals surface area contributed by atoms with Crippen LogP contribution >= 0.6 is 0 Å². The van der Waals surface area contributed by atoms with Crippen LogP contribution in [0.25, 0.3) is 0 Å². The first-order valence-electron chi connectivity index (χ1n) is 7.00. The normalized spacial score (nSPS) is 14.5. The monoisotopic (exact) mass is 306 g/mol. The number of aromatic amines is 1. The number of aromatic nitrogens is 2. The van der Waals surface area contributed by atoms with Crippen LogP contribution in [-0.4, -0.2) is 31.5 Å². The highest BCUT2D eigenvalue weighted by atomic mass is 32.2. The van der Waals surface area contributed by atoms with E-state index in [1.165, 1.54) is 0 Å². The van der Waals surface area contributed by atoms with Gasteiger partial charge in [0.15, 0.2) is 0 Å². The lowest BCUT2D eigenvalue weighted by Crippen LogP contribution is -2.26. The number of H-pyrrole nitrogens is 1. The maximum atomic E-state index is 12.3. The SMILES string of the molecule is O=S(=O)(NCCc1ncc[nH]1)c1ccc2c(c1)CCCN2. The number of rotatable bonds is 5. The molecule has 3 rings (SSSR count). The summed E-state index contributed by atoms with van der Waals surface area (Å²) in [5.74, 6) is 0.771. The zero-order chi connectivity index (χ0) is 14.7. The molecule has 0 unspecified atom stereocenters. The highest BCUT2D eigenvalue weighted by molar-refractivity contribution is 7.89. The van der Waals surface area contributed by atoms with Gasteiger partial charge in [-0.2, -0.15) is 0 Å². The Labute approximate surface area is 124 Å². The van der Waals surface area contributed by atoms with Crippen molar-refractivity contribution in [2.75, 3.05) is 18.4 Å². The minimum atomic E-state index is -3.47. The predicted molar refractivity (Wildman–Crippen MR) is 80.7 cm³/mol. The Kier molecular flexibility index (Phi) is 3.94. The van der Waals surface area contributed by atoms with Gasteiger partial charge in [-0.15, -0.1) is 0 Å². The largest absolute Gasteiger partial charge is 0.385 e. The zero-order valence-corrected chi connectivity index (χ0v) is 12.4. The second-order valence-corrected chi connectivity index (χ2v) is 6.80. The molecule has 1 aromatic carbocycles. The van der Waals surface area contributed by atoms with E-state index >= 15 is 0 Å². The molecular formula is C14H18N4O2S. The molecular weight excluding hydrogens is 288 g/mol. The molecule has 6 nitrogen and oxygen atoms in total. The van der Waals surface area contributed by atoms with Crippen LogP contribution in [0.3, 0.4) is 0 Å².